The summed E-state index contributed by atoms with van der Waals surface area (Å²) in [5.41, 5.74) is 0. The van der Waals surface area contributed by atoms with Gasteiger partial charge in [0.05, 0.1) is 0 Å². The second kappa shape index (κ2) is 4.51. The van der Waals surface area contributed by atoms with Gasteiger partial charge >= 0.3 is 17.1 Å². The summed E-state index contributed by atoms with van der Waals surface area (Å²) in [6.45, 7) is 0. The van der Waals surface area contributed by atoms with E-state index >= 15 is 0 Å². The summed E-state index contributed by atoms with van der Waals surface area (Å²) in [6, 6.07) is 0. The van der Waals surface area contributed by atoms with Crippen molar-refractivity contribution in [3.8, 4) is 0 Å². The Morgan fingerprint density at radius 2 is 1.14 bits per heavy atom. The third-order valence-corrected chi connectivity index (χ3v) is 0. The Morgan fingerprint density at radius 1 is 1.14 bits per heavy atom. The average molecular weight is 169 g/mol. The van der Waals surface area contributed by atoms with Gasteiger partial charge in [0.15, 0.2) is 0 Å². The van der Waals surface area contributed by atoms with Crippen LogP contribution in [0.15, 0.2) is 0 Å². The van der Waals surface area contributed by atoms with Gasteiger partial charge in [-0.1, -0.05) is 0 Å². The van der Waals surface area contributed by atoms with Crippen molar-refractivity contribution in [1.82, 2.24) is 6.15 Å². The fourth-order valence-corrected chi connectivity index (χ4v) is 0. The van der Waals surface area contributed by atoms with E-state index in [1.165, 1.54) is 0 Å². The monoisotopic (exact) mass is 169 g/mol. The number of quaternary nitrogens is 1. The first-order valence-electron chi connectivity index (χ1n) is 0.667. The standard InChI is InChI=1S/Mn.H3N.H2O4S/c;;1-5(2,3)4/h;1H3;(H2,1,2,3,4)/q+3;;/p-1. The smallest absolute Gasteiger partial charge is 0.759 e. The number of rotatable bonds is 0. The van der Waals surface area contributed by atoms with Gasteiger partial charge < -0.3 is 15.3 Å². The molecule has 7 heteroatoms. The Kier molecular flexibility index (Phi) is 10.1. The SMILES string of the molecule is O=S(=O)([O-])[O-].[Mn+3].[NH4+]. The summed E-state index contributed by atoms with van der Waals surface area (Å²) >= 11 is 0. The molecule has 4 N–H and O–H groups in total. The molecular formula is H4MnNO4S+2. The summed E-state index contributed by atoms with van der Waals surface area (Å²) in [4.78, 5) is 0. The molecule has 0 spiro atoms. The first kappa shape index (κ1) is 15.7. The predicted octanol–water partition coefficient (Wildman–Crippen LogP) is -0.964. The molecule has 0 rings (SSSR count). The Bertz CT molecular complexity index is 94.9. The molecule has 0 amide bonds. The van der Waals surface area contributed by atoms with E-state index in [2.05, 4.69) is 0 Å². The molecule has 7 heavy (non-hydrogen) atoms. The quantitative estimate of drug-likeness (QED) is 0.285. The molecule has 0 aromatic rings. The van der Waals surface area contributed by atoms with E-state index < -0.39 is 10.4 Å². The number of hydrogen-bond donors (Lipinski definition) is 1. The molecule has 0 aliphatic rings. The molecular weight excluding hydrogens is 165 g/mol. The molecule has 0 aliphatic heterocycles. The minimum atomic E-state index is -5.17. The van der Waals surface area contributed by atoms with Gasteiger partial charge in [0.2, 0.25) is 0 Å². The van der Waals surface area contributed by atoms with Crippen molar-refractivity contribution in [2.24, 2.45) is 0 Å². The molecule has 0 aromatic carbocycles. The zero-order chi connectivity index (χ0) is 4.50. The normalized spacial score (nSPS) is 8.29. The molecule has 0 heterocycles. The molecule has 0 saturated heterocycles. The van der Waals surface area contributed by atoms with Crippen LogP contribution in [-0.2, 0) is 27.5 Å². The van der Waals surface area contributed by atoms with Crippen molar-refractivity contribution in [1.29, 1.82) is 0 Å². The molecule has 0 aromatic heterocycles. The topological polar surface area (TPSA) is 117 Å². The first-order chi connectivity index (χ1) is 2.00. The van der Waals surface area contributed by atoms with Crippen LogP contribution in [0.3, 0.4) is 0 Å². The number of hydrogen-bond acceptors (Lipinski definition) is 4. The Balaban J connectivity index is -0.0000000800. The summed E-state index contributed by atoms with van der Waals surface area (Å²) in [6.07, 6.45) is 0. The molecule has 0 radical (unpaired) electrons. The zero-order valence-electron chi connectivity index (χ0n) is 3.42. The van der Waals surface area contributed by atoms with Crippen molar-refractivity contribution in [2.45, 2.75) is 0 Å². The van der Waals surface area contributed by atoms with Crippen molar-refractivity contribution >= 4 is 10.4 Å². The van der Waals surface area contributed by atoms with Crippen LogP contribution in [0.25, 0.3) is 0 Å². The van der Waals surface area contributed by atoms with Crippen molar-refractivity contribution in [3.05, 3.63) is 0 Å². The van der Waals surface area contributed by atoms with Crippen LogP contribution in [0.4, 0.5) is 0 Å². The maximum Gasteiger partial charge on any atom is 3.00 e. The van der Waals surface area contributed by atoms with Crippen LogP contribution >= 0.6 is 0 Å². The van der Waals surface area contributed by atoms with Gasteiger partial charge in [-0.2, -0.15) is 0 Å². The summed E-state index contributed by atoms with van der Waals surface area (Å²) in [7, 11) is -5.17. The van der Waals surface area contributed by atoms with E-state index in [-0.39, 0.29) is 23.2 Å². The van der Waals surface area contributed by atoms with Gasteiger partial charge in [-0.3, -0.25) is 8.42 Å². The van der Waals surface area contributed by atoms with Crippen molar-refractivity contribution in [3.63, 3.8) is 0 Å². The van der Waals surface area contributed by atoms with Crippen LogP contribution in [0.5, 0.6) is 0 Å². The van der Waals surface area contributed by atoms with E-state index in [0.29, 0.717) is 0 Å². The van der Waals surface area contributed by atoms with Gasteiger partial charge in [0.1, 0.15) is 0 Å². The van der Waals surface area contributed by atoms with Crippen molar-refractivity contribution < 1.29 is 34.6 Å². The molecule has 0 bridgehead atoms. The van der Waals surface area contributed by atoms with E-state index in [1.54, 1.807) is 0 Å². The van der Waals surface area contributed by atoms with Crippen LogP contribution in [-0.4, -0.2) is 17.5 Å². The maximum atomic E-state index is 8.52. The van der Waals surface area contributed by atoms with Gasteiger partial charge in [-0.05, 0) is 0 Å². The molecule has 44 valence electrons. The minimum absolute atomic E-state index is 0. The minimum Gasteiger partial charge on any atom is -0.759 e. The maximum absolute atomic E-state index is 8.52. The molecule has 0 unspecified atom stereocenters. The third kappa shape index (κ3) is 983. The molecule has 0 saturated carbocycles. The largest absolute Gasteiger partial charge is 3.00 e. The van der Waals surface area contributed by atoms with Gasteiger partial charge in [-0.25, -0.2) is 0 Å². The molecule has 0 atom stereocenters. The van der Waals surface area contributed by atoms with Gasteiger partial charge in [0, 0.05) is 10.4 Å². The third-order valence-electron chi connectivity index (χ3n) is 0. The summed E-state index contributed by atoms with van der Waals surface area (Å²) < 4.78 is 34.1. The van der Waals surface area contributed by atoms with E-state index in [0.717, 1.165) is 0 Å². The van der Waals surface area contributed by atoms with Gasteiger partial charge in [-0.15, -0.1) is 0 Å². The molecule has 5 nitrogen and oxygen atoms in total. The molecule has 0 aliphatic carbocycles. The van der Waals surface area contributed by atoms with Gasteiger partial charge in [0.25, 0.3) is 0 Å². The molecule has 0 fully saturated rings. The van der Waals surface area contributed by atoms with E-state index in [4.69, 9.17) is 17.5 Å². The summed E-state index contributed by atoms with van der Waals surface area (Å²) in [5.74, 6) is 0. The average Bonchev–Trinajstić information content (AvgIpc) is 0.722. The van der Waals surface area contributed by atoms with Crippen molar-refractivity contribution in [2.75, 3.05) is 0 Å². The predicted molar refractivity (Wildman–Crippen MR) is 16.5 cm³/mol. The first-order valence-corrected chi connectivity index (χ1v) is 2.00. The Morgan fingerprint density at radius 3 is 1.14 bits per heavy atom. The van der Waals surface area contributed by atoms with Crippen LogP contribution in [0.1, 0.15) is 0 Å². The Labute approximate surface area is 51.7 Å². The Hall–Kier alpha value is 0.349. The second-order valence-corrected chi connectivity index (χ2v) is 1.22. The second-order valence-electron chi connectivity index (χ2n) is 0.408. The van der Waals surface area contributed by atoms with Crippen LogP contribution in [0, 0.1) is 0 Å². The van der Waals surface area contributed by atoms with E-state index in [9.17, 15) is 0 Å². The van der Waals surface area contributed by atoms with Crippen LogP contribution in [0.2, 0.25) is 0 Å². The fourth-order valence-electron chi connectivity index (χ4n) is 0. The summed E-state index contributed by atoms with van der Waals surface area (Å²) in [5, 5.41) is 0. The van der Waals surface area contributed by atoms with Crippen LogP contribution < -0.4 is 6.15 Å². The van der Waals surface area contributed by atoms with E-state index in [1.807, 2.05) is 0 Å². The fraction of sp³-hybridized carbons (Fsp3) is 0. The zero-order valence-corrected chi connectivity index (χ0v) is 5.42.